The molecule has 6 nitrogen and oxygen atoms in total. The van der Waals surface area contributed by atoms with Gasteiger partial charge in [0, 0.05) is 12.6 Å². The summed E-state index contributed by atoms with van der Waals surface area (Å²) >= 11 is 0. The van der Waals surface area contributed by atoms with Crippen molar-refractivity contribution < 1.29 is 17.5 Å². The minimum Gasteiger partial charge on any atom is -0.486 e. The third kappa shape index (κ3) is 4.86. The summed E-state index contributed by atoms with van der Waals surface area (Å²) in [5, 5.41) is 3.03. The van der Waals surface area contributed by atoms with Crippen LogP contribution < -0.4 is 14.8 Å². The van der Waals surface area contributed by atoms with Gasteiger partial charge in [0.2, 0.25) is 10.0 Å². The van der Waals surface area contributed by atoms with Crippen molar-refractivity contribution in [3.05, 3.63) is 24.0 Å². The van der Waals surface area contributed by atoms with E-state index >= 15 is 0 Å². The zero-order chi connectivity index (χ0) is 13.9. The first-order valence-electron chi connectivity index (χ1n) is 5.61. The predicted octanol–water partition coefficient (Wildman–Crippen LogP) is 0.999. The van der Waals surface area contributed by atoms with Crippen molar-refractivity contribution in [1.82, 2.24) is 5.32 Å². The summed E-state index contributed by atoms with van der Waals surface area (Å²) in [4.78, 5) is 4.15. The molecule has 0 saturated heterocycles. The molecule has 1 aromatic carbocycles. The highest BCUT2D eigenvalue weighted by atomic mass is 35.5. The van der Waals surface area contributed by atoms with E-state index in [1.165, 1.54) is 12.1 Å². The lowest BCUT2D eigenvalue weighted by Crippen LogP contribution is -2.24. The lowest BCUT2D eigenvalue weighted by Gasteiger charge is -2.10. The number of anilines is 1. The summed E-state index contributed by atoms with van der Waals surface area (Å²) in [6.07, 6.45) is 0.956. The molecule has 2 rings (SSSR count). The Hall–Kier alpha value is -1.54. The molecule has 9 heteroatoms. The van der Waals surface area contributed by atoms with E-state index in [0.29, 0.717) is 12.3 Å². The molecule has 0 aromatic heterocycles. The number of rotatable bonds is 5. The maximum Gasteiger partial charge on any atom is 0.229 e. The quantitative estimate of drug-likeness (QED) is 0.847. The van der Waals surface area contributed by atoms with Gasteiger partial charge in [-0.25, -0.2) is 12.8 Å². The van der Waals surface area contributed by atoms with Crippen LogP contribution in [0.5, 0.6) is 5.75 Å². The highest BCUT2D eigenvalue weighted by molar-refractivity contribution is 7.92. The topological polar surface area (TPSA) is 79.8 Å². The van der Waals surface area contributed by atoms with Crippen molar-refractivity contribution in [3.63, 3.8) is 0 Å². The van der Waals surface area contributed by atoms with Crippen LogP contribution in [0.15, 0.2) is 23.2 Å². The van der Waals surface area contributed by atoms with Crippen molar-refractivity contribution in [2.75, 3.05) is 30.7 Å². The molecule has 20 heavy (non-hydrogen) atoms. The highest BCUT2D eigenvalue weighted by Gasteiger charge is 2.10. The Bertz CT molecular complexity index is 607. The normalized spacial score (nSPS) is 14.0. The van der Waals surface area contributed by atoms with Gasteiger partial charge in [-0.15, -0.1) is 12.4 Å². The van der Waals surface area contributed by atoms with Gasteiger partial charge in [0.1, 0.15) is 24.0 Å². The molecule has 0 unspecified atom stereocenters. The van der Waals surface area contributed by atoms with Gasteiger partial charge in [0.05, 0.1) is 18.5 Å². The molecule has 0 atom stereocenters. The maximum absolute atomic E-state index is 13.4. The highest BCUT2D eigenvalue weighted by Crippen LogP contribution is 2.22. The fourth-order valence-corrected chi connectivity index (χ4v) is 2.12. The Kier molecular flexibility index (Phi) is 5.58. The Balaban J connectivity index is 0.00000200. The Morgan fingerprint density at radius 3 is 2.85 bits per heavy atom. The Labute approximate surface area is 122 Å². The molecule has 112 valence electrons. The zero-order valence-electron chi connectivity index (χ0n) is 10.7. The number of aliphatic imine (C=N–C) groups is 1. The van der Waals surface area contributed by atoms with E-state index in [4.69, 9.17) is 4.74 Å². The van der Waals surface area contributed by atoms with Crippen LogP contribution in [0.1, 0.15) is 0 Å². The molecular weight excluding hydrogens is 309 g/mol. The molecule has 0 saturated carbocycles. The van der Waals surface area contributed by atoms with E-state index in [-0.39, 0.29) is 24.7 Å². The number of nitrogens with zero attached hydrogens (tertiary/aromatic N) is 1. The Morgan fingerprint density at radius 1 is 1.50 bits per heavy atom. The van der Waals surface area contributed by atoms with E-state index in [0.717, 1.165) is 24.7 Å². The first kappa shape index (κ1) is 16.5. The smallest absolute Gasteiger partial charge is 0.229 e. The lowest BCUT2D eigenvalue weighted by atomic mass is 10.3. The number of benzene rings is 1. The second-order valence-electron chi connectivity index (χ2n) is 4.06. The molecule has 2 N–H and O–H groups in total. The van der Waals surface area contributed by atoms with Gasteiger partial charge in [-0.2, -0.15) is 0 Å². The van der Waals surface area contributed by atoms with Crippen LogP contribution in [0.2, 0.25) is 0 Å². The van der Waals surface area contributed by atoms with Gasteiger partial charge in [0.25, 0.3) is 0 Å². The molecule has 0 radical (unpaired) electrons. The minimum absolute atomic E-state index is 0. The first-order valence-corrected chi connectivity index (χ1v) is 7.50. The van der Waals surface area contributed by atoms with Crippen LogP contribution in [0, 0.1) is 5.82 Å². The van der Waals surface area contributed by atoms with Crippen LogP contribution in [0.3, 0.4) is 0 Å². The maximum atomic E-state index is 13.4. The lowest BCUT2D eigenvalue weighted by molar-refractivity contribution is 0.373. The molecule has 1 aliphatic heterocycles. The van der Waals surface area contributed by atoms with Gasteiger partial charge < -0.3 is 10.1 Å². The molecule has 0 aliphatic carbocycles. The van der Waals surface area contributed by atoms with E-state index in [1.807, 2.05) is 0 Å². The number of ether oxygens (including phenoxy) is 1. The van der Waals surface area contributed by atoms with Crippen molar-refractivity contribution in [3.8, 4) is 5.75 Å². The molecule has 1 aromatic rings. The number of hydrogen-bond donors (Lipinski definition) is 2. The largest absolute Gasteiger partial charge is 0.486 e. The van der Waals surface area contributed by atoms with Crippen molar-refractivity contribution in [2.24, 2.45) is 4.99 Å². The van der Waals surface area contributed by atoms with Crippen LogP contribution >= 0.6 is 12.4 Å². The monoisotopic (exact) mass is 323 g/mol. The molecule has 0 amide bonds. The minimum atomic E-state index is -3.53. The predicted molar refractivity (Wildman–Crippen MR) is 77.9 cm³/mol. The summed E-state index contributed by atoms with van der Waals surface area (Å²) in [6, 6.07) is 3.87. The van der Waals surface area contributed by atoms with Gasteiger partial charge in [0.15, 0.2) is 0 Å². The first-order chi connectivity index (χ1) is 8.94. The molecule has 0 bridgehead atoms. The fourth-order valence-electron chi connectivity index (χ4n) is 1.57. The van der Waals surface area contributed by atoms with E-state index in [2.05, 4.69) is 15.0 Å². The number of hydrogen-bond acceptors (Lipinski definition) is 5. The third-order valence-corrected chi connectivity index (χ3v) is 2.94. The number of nitrogens with one attached hydrogen (secondary N) is 2. The summed E-state index contributed by atoms with van der Waals surface area (Å²) in [7, 11) is -3.53. The molecule has 0 fully saturated rings. The van der Waals surface area contributed by atoms with Crippen LogP contribution in [-0.4, -0.2) is 40.2 Å². The average molecular weight is 324 g/mol. The van der Waals surface area contributed by atoms with Gasteiger partial charge in [-0.05, 0) is 12.1 Å². The van der Waals surface area contributed by atoms with E-state index in [9.17, 15) is 12.8 Å². The molecular formula is C11H15ClFN3O3S. The summed E-state index contributed by atoms with van der Waals surface area (Å²) < 4.78 is 43.1. The second kappa shape index (κ2) is 6.76. The van der Waals surface area contributed by atoms with Crippen molar-refractivity contribution >= 4 is 34.0 Å². The zero-order valence-corrected chi connectivity index (χ0v) is 12.4. The number of amidine groups is 1. The summed E-state index contributed by atoms with van der Waals surface area (Å²) in [5.41, 5.74) is -0.138. The average Bonchev–Trinajstić information content (AvgIpc) is 2.81. The molecule has 1 heterocycles. The van der Waals surface area contributed by atoms with E-state index in [1.54, 1.807) is 0 Å². The number of sulfonamides is 1. The number of halogens is 2. The Morgan fingerprint density at radius 2 is 2.25 bits per heavy atom. The summed E-state index contributed by atoms with van der Waals surface area (Å²) in [6.45, 7) is 1.73. The van der Waals surface area contributed by atoms with Gasteiger partial charge in [-0.3, -0.25) is 9.71 Å². The summed E-state index contributed by atoms with van der Waals surface area (Å²) in [5.74, 6) is 0.431. The van der Waals surface area contributed by atoms with Gasteiger partial charge in [-0.1, -0.05) is 0 Å². The van der Waals surface area contributed by atoms with Crippen LogP contribution in [0.25, 0.3) is 0 Å². The fraction of sp³-hybridized carbons (Fsp3) is 0.364. The van der Waals surface area contributed by atoms with Gasteiger partial charge >= 0.3 is 0 Å². The standard InChI is InChI=1S/C11H14FN3O3S.ClH/c1-19(16,17)15-10-6-8(2-3-9(10)12)18-7-11-13-4-5-14-11;/h2-3,6,15H,4-5,7H2,1H3,(H,13,14);1H. The third-order valence-electron chi connectivity index (χ3n) is 2.35. The second-order valence-corrected chi connectivity index (χ2v) is 5.81. The van der Waals surface area contributed by atoms with Crippen LogP contribution in [0.4, 0.5) is 10.1 Å². The van der Waals surface area contributed by atoms with E-state index < -0.39 is 15.8 Å². The molecule has 1 aliphatic rings. The SMILES string of the molecule is CS(=O)(=O)Nc1cc(OCC2=NCCN2)ccc1F.Cl. The molecule has 0 spiro atoms. The van der Waals surface area contributed by atoms with Crippen molar-refractivity contribution in [1.29, 1.82) is 0 Å². The van der Waals surface area contributed by atoms with Crippen LogP contribution in [-0.2, 0) is 10.0 Å². The van der Waals surface area contributed by atoms with Crippen molar-refractivity contribution in [2.45, 2.75) is 0 Å².